The van der Waals surface area contributed by atoms with E-state index in [0.717, 1.165) is 5.56 Å². The SMILES string of the molecule is CCOC(CNC(=O)c1nnc(Cc2ccc(Cl)cc2Cl)o1)OCC. The van der Waals surface area contributed by atoms with Gasteiger partial charge in [0.2, 0.25) is 5.89 Å². The maximum absolute atomic E-state index is 12.1. The number of benzene rings is 1. The Bertz CT molecular complexity index is 702. The third-order valence-corrected chi connectivity index (χ3v) is 3.74. The predicted molar refractivity (Wildman–Crippen MR) is 92.9 cm³/mol. The second kappa shape index (κ2) is 9.72. The smallest absolute Gasteiger partial charge is 0.309 e. The topological polar surface area (TPSA) is 86.5 Å². The average molecular weight is 388 g/mol. The normalized spacial score (nSPS) is 11.1. The van der Waals surface area contributed by atoms with Crippen molar-refractivity contribution < 1.29 is 18.7 Å². The molecule has 0 aliphatic rings. The lowest BCUT2D eigenvalue weighted by atomic mass is 10.1. The molecule has 0 bridgehead atoms. The Morgan fingerprint density at radius 1 is 1.24 bits per heavy atom. The molecular weight excluding hydrogens is 369 g/mol. The summed E-state index contributed by atoms with van der Waals surface area (Å²) in [6, 6.07) is 5.11. The number of aromatic nitrogens is 2. The van der Waals surface area contributed by atoms with Crippen molar-refractivity contribution in [2.24, 2.45) is 0 Å². The fraction of sp³-hybridized carbons (Fsp3) is 0.438. The summed E-state index contributed by atoms with van der Waals surface area (Å²) in [5.74, 6) is -0.349. The van der Waals surface area contributed by atoms with Gasteiger partial charge in [0.05, 0.1) is 13.0 Å². The number of hydrogen-bond donors (Lipinski definition) is 1. The first-order valence-corrected chi connectivity index (χ1v) is 8.56. The van der Waals surface area contributed by atoms with E-state index in [9.17, 15) is 4.79 Å². The van der Waals surface area contributed by atoms with E-state index in [-0.39, 0.29) is 18.3 Å². The van der Waals surface area contributed by atoms with Crippen LogP contribution in [0.2, 0.25) is 10.0 Å². The summed E-state index contributed by atoms with van der Waals surface area (Å²) in [6.07, 6.45) is -0.217. The highest BCUT2D eigenvalue weighted by molar-refractivity contribution is 6.35. The molecule has 0 aliphatic heterocycles. The highest BCUT2D eigenvalue weighted by atomic mass is 35.5. The van der Waals surface area contributed by atoms with Gasteiger partial charge in [-0.1, -0.05) is 29.3 Å². The first-order chi connectivity index (χ1) is 12.0. The van der Waals surface area contributed by atoms with Crippen LogP contribution in [0.25, 0.3) is 0 Å². The van der Waals surface area contributed by atoms with E-state index in [1.165, 1.54) is 0 Å². The Balaban J connectivity index is 1.94. The van der Waals surface area contributed by atoms with Crippen molar-refractivity contribution in [2.75, 3.05) is 19.8 Å². The number of nitrogens with one attached hydrogen (secondary N) is 1. The summed E-state index contributed by atoms with van der Waals surface area (Å²) >= 11 is 12.0. The van der Waals surface area contributed by atoms with Gasteiger partial charge in [-0.3, -0.25) is 4.79 Å². The van der Waals surface area contributed by atoms with Crippen LogP contribution in [0.1, 0.15) is 36.0 Å². The Hall–Kier alpha value is -1.67. The van der Waals surface area contributed by atoms with Gasteiger partial charge in [-0.15, -0.1) is 10.2 Å². The molecule has 1 heterocycles. The van der Waals surface area contributed by atoms with Crippen molar-refractivity contribution in [3.63, 3.8) is 0 Å². The molecule has 0 fully saturated rings. The summed E-state index contributed by atoms with van der Waals surface area (Å²) < 4.78 is 16.1. The molecular formula is C16H19Cl2N3O4. The summed E-state index contributed by atoms with van der Waals surface area (Å²) in [7, 11) is 0. The molecule has 9 heteroatoms. The van der Waals surface area contributed by atoms with E-state index in [0.29, 0.717) is 29.7 Å². The lowest BCUT2D eigenvalue weighted by Crippen LogP contribution is -2.35. The monoisotopic (exact) mass is 387 g/mol. The van der Waals surface area contributed by atoms with Crippen LogP contribution in [0.4, 0.5) is 0 Å². The van der Waals surface area contributed by atoms with Crippen LogP contribution in [0, 0.1) is 0 Å². The first-order valence-electron chi connectivity index (χ1n) is 7.81. The minimum atomic E-state index is -0.519. The fourth-order valence-electron chi connectivity index (χ4n) is 2.03. The van der Waals surface area contributed by atoms with Crippen molar-refractivity contribution in [3.05, 3.63) is 45.6 Å². The summed E-state index contributed by atoms with van der Waals surface area (Å²) in [4.78, 5) is 12.1. The van der Waals surface area contributed by atoms with Crippen molar-refractivity contribution in [3.8, 4) is 0 Å². The number of ether oxygens (including phenoxy) is 2. The molecule has 2 rings (SSSR count). The molecule has 0 saturated carbocycles. The molecule has 136 valence electrons. The fourth-order valence-corrected chi connectivity index (χ4v) is 2.51. The van der Waals surface area contributed by atoms with Crippen LogP contribution in [0.5, 0.6) is 0 Å². The molecule has 0 spiro atoms. The molecule has 1 aromatic heterocycles. The Labute approximate surface area is 155 Å². The van der Waals surface area contributed by atoms with Gasteiger partial charge >= 0.3 is 11.8 Å². The molecule has 0 atom stereocenters. The number of rotatable bonds is 9. The van der Waals surface area contributed by atoms with Crippen LogP contribution in [0.15, 0.2) is 22.6 Å². The molecule has 0 radical (unpaired) electrons. The van der Waals surface area contributed by atoms with E-state index in [4.69, 9.17) is 37.1 Å². The average Bonchev–Trinajstić information content (AvgIpc) is 3.04. The van der Waals surface area contributed by atoms with Gasteiger partial charge in [-0.25, -0.2) is 0 Å². The highest BCUT2D eigenvalue weighted by Crippen LogP contribution is 2.23. The minimum Gasteiger partial charge on any atom is -0.417 e. The second-order valence-electron chi connectivity index (χ2n) is 4.96. The number of carbonyl (C=O) groups is 1. The van der Waals surface area contributed by atoms with Crippen LogP contribution in [-0.2, 0) is 15.9 Å². The minimum absolute atomic E-state index is 0.133. The van der Waals surface area contributed by atoms with Crippen molar-refractivity contribution in [2.45, 2.75) is 26.6 Å². The van der Waals surface area contributed by atoms with Gasteiger partial charge in [-0.2, -0.15) is 0 Å². The van der Waals surface area contributed by atoms with E-state index < -0.39 is 12.2 Å². The number of carbonyl (C=O) groups excluding carboxylic acids is 1. The summed E-state index contributed by atoms with van der Waals surface area (Å²) in [6.45, 7) is 4.83. The van der Waals surface area contributed by atoms with Crippen LogP contribution < -0.4 is 5.32 Å². The summed E-state index contributed by atoms with van der Waals surface area (Å²) in [5.41, 5.74) is 0.773. The van der Waals surface area contributed by atoms with Crippen LogP contribution in [0.3, 0.4) is 0 Å². The van der Waals surface area contributed by atoms with Crippen molar-refractivity contribution in [1.82, 2.24) is 15.5 Å². The number of halogens is 2. The maximum atomic E-state index is 12.1. The lowest BCUT2D eigenvalue weighted by molar-refractivity contribution is -0.131. The van der Waals surface area contributed by atoms with E-state index in [2.05, 4.69) is 15.5 Å². The van der Waals surface area contributed by atoms with Gasteiger partial charge < -0.3 is 19.2 Å². The Kier molecular flexibility index (Phi) is 7.64. The Morgan fingerprint density at radius 2 is 1.96 bits per heavy atom. The third kappa shape index (κ3) is 5.97. The maximum Gasteiger partial charge on any atom is 0.309 e. The van der Waals surface area contributed by atoms with Crippen molar-refractivity contribution >= 4 is 29.1 Å². The largest absolute Gasteiger partial charge is 0.417 e. The molecule has 25 heavy (non-hydrogen) atoms. The molecule has 1 N–H and O–H groups in total. The third-order valence-electron chi connectivity index (χ3n) is 3.15. The lowest BCUT2D eigenvalue weighted by Gasteiger charge is -2.16. The zero-order valence-electron chi connectivity index (χ0n) is 13.9. The molecule has 2 aromatic rings. The molecule has 0 aliphatic carbocycles. The van der Waals surface area contributed by atoms with E-state index >= 15 is 0 Å². The predicted octanol–water partition coefficient (Wildman–Crippen LogP) is 3.10. The van der Waals surface area contributed by atoms with Crippen molar-refractivity contribution in [1.29, 1.82) is 0 Å². The number of nitrogens with zero attached hydrogens (tertiary/aromatic N) is 2. The number of hydrogen-bond acceptors (Lipinski definition) is 6. The zero-order chi connectivity index (χ0) is 18.2. The summed E-state index contributed by atoms with van der Waals surface area (Å²) in [5, 5.41) is 11.3. The van der Waals surface area contributed by atoms with Crippen LogP contribution >= 0.6 is 23.2 Å². The zero-order valence-corrected chi connectivity index (χ0v) is 15.4. The highest BCUT2D eigenvalue weighted by Gasteiger charge is 2.18. The van der Waals surface area contributed by atoms with Gasteiger partial charge in [-0.05, 0) is 31.5 Å². The van der Waals surface area contributed by atoms with E-state index in [1.807, 2.05) is 13.8 Å². The first kappa shape index (κ1) is 19.7. The van der Waals surface area contributed by atoms with Gasteiger partial charge in [0.25, 0.3) is 0 Å². The van der Waals surface area contributed by atoms with Gasteiger partial charge in [0.15, 0.2) is 6.29 Å². The quantitative estimate of drug-likeness (QED) is 0.665. The van der Waals surface area contributed by atoms with Crippen LogP contribution in [-0.4, -0.2) is 42.2 Å². The Morgan fingerprint density at radius 3 is 2.60 bits per heavy atom. The molecule has 1 amide bonds. The standard InChI is InChI=1S/C16H19Cl2N3O4/c1-3-23-14(24-4-2)9-19-15(22)16-21-20-13(25-16)7-10-5-6-11(17)8-12(10)18/h5-6,8,14H,3-4,7,9H2,1-2H3,(H,19,22). The second-order valence-corrected chi connectivity index (χ2v) is 5.81. The number of amides is 1. The van der Waals surface area contributed by atoms with E-state index in [1.54, 1.807) is 18.2 Å². The molecule has 7 nitrogen and oxygen atoms in total. The molecule has 0 saturated heterocycles. The molecule has 0 unspecified atom stereocenters. The van der Waals surface area contributed by atoms with Gasteiger partial charge in [0, 0.05) is 23.3 Å². The van der Waals surface area contributed by atoms with Gasteiger partial charge in [0.1, 0.15) is 0 Å². The molecule has 1 aromatic carbocycles.